The predicted molar refractivity (Wildman–Crippen MR) is 71.8 cm³/mol. The van der Waals surface area contributed by atoms with Crippen LogP contribution in [-0.4, -0.2) is 48.7 Å². The minimum absolute atomic E-state index is 0.0139. The number of aliphatic hydroxyl groups is 1. The maximum Gasteiger partial charge on any atom is 0.246 e. The summed E-state index contributed by atoms with van der Waals surface area (Å²) in [6, 6.07) is 5.69. The molecule has 18 heavy (non-hydrogen) atoms. The Bertz CT molecular complexity index is 459. The van der Waals surface area contributed by atoms with Crippen LogP contribution in [0.4, 0.5) is 5.69 Å². The molecule has 1 unspecified atom stereocenters. The number of aryl methyl sites for hydroxylation is 2. The Balaban J connectivity index is 2.33. The Labute approximate surface area is 108 Å². The number of benzene rings is 1. The van der Waals surface area contributed by atoms with Crippen molar-refractivity contribution >= 4 is 11.6 Å². The molecule has 1 aromatic rings. The number of anilines is 1. The van der Waals surface area contributed by atoms with E-state index in [4.69, 9.17) is 0 Å². The normalized spacial score (nSPS) is 21.4. The number of likely N-dealkylation sites (N-methyl/N-ethyl adjacent to an activating group) is 1. The van der Waals surface area contributed by atoms with Crippen molar-refractivity contribution in [2.24, 2.45) is 0 Å². The summed E-state index contributed by atoms with van der Waals surface area (Å²) >= 11 is 0. The van der Waals surface area contributed by atoms with Crippen molar-refractivity contribution in [2.75, 3.05) is 31.6 Å². The number of carbonyl (C=O) groups excluding carboxylic acids is 1. The third-order valence-corrected chi connectivity index (χ3v) is 3.59. The van der Waals surface area contributed by atoms with Gasteiger partial charge in [-0.25, -0.2) is 0 Å². The van der Waals surface area contributed by atoms with Crippen LogP contribution in [0.3, 0.4) is 0 Å². The monoisotopic (exact) mass is 248 g/mol. The molecule has 0 radical (unpaired) electrons. The zero-order valence-electron chi connectivity index (χ0n) is 11.2. The summed E-state index contributed by atoms with van der Waals surface area (Å²) in [6.07, 6.45) is 0. The Morgan fingerprint density at radius 2 is 2.06 bits per heavy atom. The van der Waals surface area contributed by atoms with E-state index in [2.05, 4.69) is 0 Å². The van der Waals surface area contributed by atoms with E-state index in [0.717, 1.165) is 23.4 Å². The molecule has 0 saturated carbocycles. The predicted octanol–water partition coefficient (Wildman–Crippen LogP) is 0.943. The van der Waals surface area contributed by atoms with Crippen molar-refractivity contribution < 1.29 is 9.90 Å². The van der Waals surface area contributed by atoms with Crippen molar-refractivity contribution in [2.45, 2.75) is 19.9 Å². The third-order valence-electron chi connectivity index (χ3n) is 3.59. The zero-order valence-corrected chi connectivity index (χ0v) is 11.2. The molecule has 0 aliphatic carbocycles. The van der Waals surface area contributed by atoms with Gasteiger partial charge in [0, 0.05) is 18.8 Å². The van der Waals surface area contributed by atoms with Crippen LogP contribution in [0.1, 0.15) is 11.1 Å². The van der Waals surface area contributed by atoms with Gasteiger partial charge in [-0.15, -0.1) is 0 Å². The number of hydrogen-bond acceptors (Lipinski definition) is 3. The van der Waals surface area contributed by atoms with Crippen LogP contribution >= 0.6 is 0 Å². The topological polar surface area (TPSA) is 43.8 Å². The van der Waals surface area contributed by atoms with Gasteiger partial charge in [0.05, 0.1) is 6.61 Å². The Morgan fingerprint density at radius 3 is 2.72 bits per heavy atom. The lowest BCUT2D eigenvalue weighted by molar-refractivity contribution is -0.126. The third kappa shape index (κ3) is 2.26. The molecule has 4 heteroatoms. The molecule has 1 saturated heterocycles. The van der Waals surface area contributed by atoms with Crippen LogP contribution in [0.2, 0.25) is 0 Å². The highest BCUT2D eigenvalue weighted by Crippen LogP contribution is 2.24. The van der Waals surface area contributed by atoms with Crippen molar-refractivity contribution in [1.29, 1.82) is 0 Å². The second-order valence-electron chi connectivity index (χ2n) is 4.96. The zero-order chi connectivity index (χ0) is 13.3. The molecule has 0 aromatic heterocycles. The fourth-order valence-corrected chi connectivity index (χ4v) is 2.36. The smallest absolute Gasteiger partial charge is 0.246 e. The Hall–Kier alpha value is -1.39. The van der Waals surface area contributed by atoms with Crippen molar-refractivity contribution in [3.8, 4) is 0 Å². The van der Waals surface area contributed by atoms with Crippen LogP contribution in [0.5, 0.6) is 0 Å². The summed E-state index contributed by atoms with van der Waals surface area (Å²) in [6.45, 7) is 5.36. The van der Waals surface area contributed by atoms with Crippen LogP contribution in [0, 0.1) is 13.8 Å². The summed E-state index contributed by atoms with van der Waals surface area (Å²) < 4.78 is 0. The molecule has 0 bridgehead atoms. The number of nitrogens with zero attached hydrogens (tertiary/aromatic N) is 2. The molecule has 1 atom stereocenters. The van der Waals surface area contributed by atoms with Crippen molar-refractivity contribution in [1.82, 2.24) is 4.90 Å². The average Bonchev–Trinajstić information content (AvgIpc) is 2.34. The van der Waals surface area contributed by atoms with Gasteiger partial charge in [-0.1, -0.05) is 12.1 Å². The Morgan fingerprint density at radius 1 is 1.33 bits per heavy atom. The summed E-state index contributed by atoms with van der Waals surface area (Å²) in [5, 5.41) is 9.33. The van der Waals surface area contributed by atoms with Crippen LogP contribution in [0.15, 0.2) is 18.2 Å². The molecule has 1 amide bonds. The molecule has 1 aliphatic heterocycles. The number of rotatable bonds is 2. The summed E-state index contributed by atoms with van der Waals surface area (Å²) in [4.78, 5) is 16.1. The molecule has 1 heterocycles. The summed E-state index contributed by atoms with van der Waals surface area (Å²) in [7, 11) is 1.87. The van der Waals surface area contributed by atoms with Gasteiger partial charge in [0.25, 0.3) is 0 Å². The highest BCUT2D eigenvalue weighted by Gasteiger charge is 2.33. The van der Waals surface area contributed by atoms with E-state index >= 15 is 0 Å². The van der Waals surface area contributed by atoms with Gasteiger partial charge in [-0.2, -0.15) is 0 Å². The second-order valence-corrected chi connectivity index (χ2v) is 4.96. The molecule has 2 rings (SSSR count). The first-order valence-corrected chi connectivity index (χ1v) is 6.24. The number of hydrogen-bond donors (Lipinski definition) is 1. The summed E-state index contributed by atoms with van der Waals surface area (Å²) in [5.41, 5.74) is 3.20. The molecular formula is C14H20N2O2. The molecular weight excluding hydrogens is 228 g/mol. The fraction of sp³-hybridized carbons (Fsp3) is 0.500. The first-order chi connectivity index (χ1) is 8.54. The number of aliphatic hydroxyl groups excluding tert-OH is 1. The molecule has 1 aliphatic rings. The first-order valence-electron chi connectivity index (χ1n) is 6.24. The minimum atomic E-state index is -0.418. The van der Waals surface area contributed by atoms with E-state index in [0.29, 0.717) is 6.54 Å². The van der Waals surface area contributed by atoms with Gasteiger partial charge in [0.1, 0.15) is 6.04 Å². The van der Waals surface area contributed by atoms with Gasteiger partial charge in [-0.3, -0.25) is 9.69 Å². The maximum atomic E-state index is 12.4. The lowest BCUT2D eigenvalue weighted by Gasteiger charge is -2.38. The lowest BCUT2D eigenvalue weighted by atomic mass is 10.1. The fourth-order valence-electron chi connectivity index (χ4n) is 2.36. The maximum absolute atomic E-state index is 12.4. The van der Waals surface area contributed by atoms with Crippen LogP contribution < -0.4 is 4.90 Å². The SMILES string of the molecule is Cc1ccc(C)c(N2CCN(C)C(CO)C2=O)c1. The van der Waals surface area contributed by atoms with Crippen LogP contribution in [0.25, 0.3) is 0 Å². The molecule has 1 fully saturated rings. The second kappa shape index (κ2) is 5.08. The highest BCUT2D eigenvalue weighted by molar-refractivity contribution is 5.98. The minimum Gasteiger partial charge on any atom is -0.394 e. The van der Waals surface area contributed by atoms with E-state index in [-0.39, 0.29) is 12.5 Å². The standard InChI is InChI=1S/C14H20N2O2/c1-10-4-5-11(2)12(8-10)16-7-6-15(3)13(9-17)14(16)18/h4-5,8,13,17H,6-7,9H2,1-3H3. The van der Waals surface area contributed by atoms with E-state index in [1.807, 2.05) is 44.0 Å². The van der Waals surface area contributed by atoms with Crippen LogP contribution in [-0.2, 0) is 4.79 Å². The number of amides is 1. The average molecular weight is 248 g/mol. The van der Waals surface area contributed by atoms with Crippen molar-refractivity contribution in [3.63, 3.8) is 0 Å². The molecule has 0 spiro atoms. The Kier molecular flexibility index (Phi) is 3.68. The van der Waals surface area contributed by atoms with E-state index in [1.165, 1.54) is 0 Å². The number of piperazine rings is 1. The number of carbonyl (C=O) groups is 1. The quantitative estimate of drug-likeness (QED) is 0.847. The van der Waals surface area contributed by atoms with E-state index < -0.39 is 6.04 Å². The summed E-state index contributed by atoms with van der Waals surface area (Å²) in [5.74, 6) is -0.0139. The van der Waals surface area contributed by atoms with Gasteiger partial charge in [0.15, 0.2) is 0 Å². The first kappa shape index (κ1) is 13.1. The molecule has 98 valence electrons. The van der Waals surface area contributed by atoms with E-state index in [1.54, 1.807) is 4.90 Å². The van der Waals surface area contributed by atoms with Gasteiger partial charge >= 0.3 is 0 Å². The lowest BCUT2D eigenvalue weighted by Crippen LogP contribution is -2.57. The van der Waals surface area contributed by atoms with Gasteiger partial charge in [-0.05, 0) is 38.1 Å². The van der Waals surface area contributed by atoms with Gasteiger partial charge < -0.3 is 10.0 Å². The molecule has 4 nitrogen and oxygen atoms in total. The largest absolute Gasteiger partial charge is 0.394 e. The van der Waals surface area contributed by atoms with Gasteiger partial charge in [0.2, 0.25) is 5.91 Å². The van der Waals surface area contributed by atoms with Crippen molar-refractivity contribution in [3.05, 3.63) is 29.3 Å². The molecule has 1 aromatic carbocycles. The molecule has 1 N–H and O–H groups in total. The van der Waals surface area contributed by atoms with E-state index in [9.17, 15) is 9.90 Å². The highest BCUT2D eigenvalue weighted by atomic mass is 16.3.